The zero-order valence-corrected chi connectivity index (χ0v) is 15.0. The predicted octanol–water partition coefficient (Wildman–Crippen LogP) is 0.458. The molecule has 1 fully saturated rings. The second kappa shape index (κ2) is 7.79. The van der Waals surface area contributed by atoms with E-state index in [0.29, 0.717) is 18.7 Å². The highest BCUT2D eigenvalue weighted by Gasteiger charge is 2.27. The lowest BCUT2D eigenvalue weighted by molar-refractivity contribution is 0.0951. The minimum absolute atomic E-state index is 0.191. The van der Waals surface area contributed by atoms with Crippen LogP contribution >= 0.6 is 0 Å². The molecular weight excluding hydrogens is 356 g/mol. The minimum atomic E-state index is -3.48. The molecule has 3 rings (SSSR count). The summed E-state index contributed by atoms with van der Waals surface area (Å²) >= 11 is 0. The van der Waals surface area contributed by atoms with Crippen LogP contribution in [-0.2, 0) is 16.6 Å². The first kappa shape index (κ1) is 18.3. The standard InChI is InChI=1S/C17H20N4O4S/c22-16-4-3-9-19-21(16)13-10-18-17(23)14-5-7-15(8-6-14)26(24,25)20-11-1-2-12-20/h3-9H,1-2,10-13H2,(H,18,23). The molecule has 1 amide bonds. The third kappa shape index (κ3) is 4.00. The highest BCUT2D eigenvalue weighted by Crippen LogP contribution is 2.21. The molecule has 26 heavy (non-hydrogen) atoms. The van der Waals surface area contributed by atoms with E-state index in [0.717, 1.165) is 12.8 Å². The van der Waals surface area contributed by atoms with E-state index >= 15 is 0 Å². The summed E-state index contributed by atoms with van der Waals surface area (Å²) in [7, 11) is -3.48. The van der Waals surface area contributed by atoms with E-state index in [1.54, 1.807) is 6.07 Å². The smallest absolute Gasteiger partial charge is 0.266 e. The van der Waals surface area contributed by atoms with Gasteiger partial charge in [-0.3, -0.25) is 9.59 Å². The predicted molar refractivity (Wildman–Crippen MR) is 95.3 cm³/mol. The van der Waals surface area contributed by atoms with Gasteiger partial charge in [-0.05, 0) is 43.2 Å². The van der Waals surface area contributed by atoms with Crippen molar-refractivity contribution in [1.29, 1.82) is 0 Å². The van der Waals surface area contributed by atoms with Gasteiger partial charge in [0.25, 0.3) is 11.5 Å². The van der Waals surface area contributed by atoms with Gasteiger partial charge >= 0.3 is 0 Å². The van der Waals surface area contributed by atoms with Gasteiger partial charge in [0, 0.05) is 37.5 Å². The Labute approximate surface area is 151 Å². The van der Waals surface area contributed by atoms with Gasteiger partial charge in [0.05, 0.1) is 11.4 Å². The summed E-state index contributed by atoms with van der Waals surface area (Å²) in [5.41, 5.74) is 0.122. The summed E-state index contributed by atoms with van der Waals surface area (Å²) in [5.74, 6) is -0.334. The average Bonchev–Trinajstić information content (AvgIpc) is 3.19. The first-order valence-corrected chi connectivity index (χ1v) is 9.83. The topological polar surface area (TPSA) is 101 Å². The van der Waals surface area contributed by atoms with Crippen molar-refractivity contribution in [3.8, 4) is 0 Å². The Bertz CT molecular complexity index is 932. The lowest BCUT2D eigenvalue weighted by atomic mass is 10.2. The van der Waals surface area contributed by atoms with E-state index in [9.17, 15) is 18.0 Å². The van der Waals surface area contributed by atoms with Crippen LogP contribution in [0.25, 0.3) is 0 Å². The minimum Gasteiger partial charge on any atom is -0.350 e. The molecule has 1 saturated heterocycles. The Morgan fingerprint density at radius 2 is 1.81 bits per heavy atom. The Morgan fingerprint density at radius 3 is 2.46 bits per heavy atom. The Balaban J connectivity index is 1.60. The largest absolute Gasteiger partial charge is 0.350 e. The van der Waals surface area contributed by atoms with Crippen molar-refractivity contribution >= 4 is 15.9 Å². The van der Waals surface area contributed by atoms with Crippen LogP contribution in [0.15, 0.2) is 52.3 Å². The molecule has 0 aliphatic carbocycles. The number of rotatable bonds is 6. The van der Waals surface area contributed by atoms with E-state index in [1.165, 1.54) is 45.5 Å². The highest BCUT2D eigenvalue weighted by atomic mass is 32.2. The second-order valence-corrected chi connectivity index (χ2v) is 7.91. The first-order valence-electron chi connectivity index (χ1n) is 8.39. The van der Waals surface area contributed by atoms with Crippen LogP contribution < -0.4 is 10.9 Å². The van der Waals surface area contributed by atoms with Gasteiger partial charge in [-0.25, -0.2) is 13.1 Å². The van der Waals surface area contributed by atoms with Crippen molar-refractivity contribution in [1.82, 2.24) is 19.4 Å². The number of hydrogen-bond acceptors (Lipinski definition) is 5. The van der Waals surface area contributed by atoms with E-state index in [4.69, 9.17) is 0 Å². The van der Waals surface area contributed by atoms with Gasteiger partial charge in [0.1, 0.15) is 0 Å². The lowest BCUT2D eigenvalue weighted by Crippen LogP contribution is -2.31. The zero-order chi connectivity index (χ0) is 18.6. The molecule has 1 aromatic carbocycles. The quantitative estimate of drug-likeness (QED) is 0.789. The van der Waals surface area contributed by atoms with Crippen molar-refractivity contribution in [2.45, 2.75) is 24.3 Å². The molecule has 0 atom stereocenters. The molecule has 138 valence electrons. The van der Waals surface area contributed by atoms with Crippen molar-refractivity contribution in [3.05, 3.63) is 58.5 Å². The van der Waals surface area contributed by atoms with Gasteiger partial charge in [0.2, 0.25) is 10.0 Å². The number of hydrogen-bond donors (Lipinski definition) is 1. The molecule has 1 aliphatic heterocycles. The Morgan fingerprint density at radius 1 is 1.12 bits per heavy atom. The van der Waals surface area contributed by atoms with Crippen LogP contribution in [0, 0.1) is 0 Å². The summed E-state index contributed by atoms with van der Waals surface area (Å²) in [4.78, 5) is 23.9. The number of benzene rings is 1. The lowest BCUT2D eigenvalue weighted by Gasteiger charge is -2.15. The fourth-order valence-corrected chi connectivity index (χ4v) is 4.31. The van der Waals surface area contributed by atoms with Crippen LogP contribution in [-0.4, -0.2) is 48.0 Å². The Hall–Kier alpha value is -2.52. The van der Waals surface area contributed by atoms with Gasteiger partial charge < -0.3 is 5.32 Å². The molecule has 9 heteroatoms. The first-order chi connectivity index (χ1) is 12.5. The third-order valence-electron chi connectivity index (χ3n) is 4.21. The monoisotopic (exact) mass is 376 g/mol. The molecule has 1 N–H and O–H groups in total. The summed E-state index contributed by atoms with van der Waals surface area (Å²) in [6, 6.07) is 8.83. The molecule has 0 unspecified atom stereocenters. The summed E-state index contributed by atoms with van der Waals surface area (Å²) in [5, 5.41) is 6.60. The molecule has 2 heterocycles. The van der Waals surface area contributed by atoms with Crippen molar-refractivity contribution < 1.29 is 13.2 Å². The van der Waals surface area contributed by atoms with Crippen LogP contribution in [0.4, 0.5) is 0 Å². The second-order valence-electron chi connectivity index (χ2n) is 5.98. The van der Waals surface area contributed by atoms with Crippen LogP contribution in [0.1, 0.15) is 23.2 Å². The van der Waals surface area contributed by atoms with Gasteiger partial charge in [-0.15, -0.1) is 0 Å². The molecule has 1 aromatic heterocycles. The maximum atomic E-state index is 12.5. The normalized spacial score (nSPS) is 15.1. The Kier molecular flexibility index (Phi) is 5.48. The van der Waals surface area contributed by atoms with Crippen LogP contribution in [0.2, 0.25) is 0 Å². The van der Waals surface area contributed by atoms with E-state index < -0.39 is 10.0 Å². The number of nitrogens with zero attached hydrogens (tertiary/aromatic N) is 3. The molecule has 1 aliphatic rings. The molecule has 0 spiro atoms. The maximum Gasteiger partial charge on any atom is 0.266 e. The van der Waals surface area contributed by atoms with Crippen molar-refractivity contribution in [3.63, 3.8) is 0 Å². The maximum absolute atomic E-state index is 12.5. The summed E-state index contributed by atoms with van der Waals surface area (Å²) in [6.45, 7) is 1.57. The zero-order valence-electron chi connectivity index (χ0n) is 14.2. The van der Waals surface area contributed by atoms with Crippen molar-refractivity contribution in [2.75, 3.05) is 19.6 Å². The van der Waals surface area contributed by atoms with Crippen molar-refractivity contribution in [2.24, 2.45) is 0 Å². The number of aromatic nitrogens is 2. The number of amides is 1. The third-order valence-corrected chi connectivity index (χ3v) is 6.13. The SMILES string of the molecule is O=C(NCCn1ncccc1=O)c1ccc(S(=O)(=O)N2CCCC2)cc1. The van der Waals surface area contributed by atoms with Gasteiger partial charge in [-0.1, -0.05) is 0 Å². The number of sulfonamides is 1. The fraction of sp³-hybridized carbons (Fsp3) is 0.353. The van der Waals surface area contributed by atoms with E-state index in [1.807, 2.05) is 0 Å². The summed E-state index contributed by atoms with van der Waals surface area (Å²) in [6.07, 6.45) is 3.25. The van der Waals surface area contributed by atoms with E-state index in [-0.39, 0.29) is 29.5 Å². The molecule has 8 nitrogen and oxygen atoms in total. The molecule has 0 bridgehead atoms. The summed E-state index contributed by atoms with van der Waals surface area (Å²) < 4.78 is 27.6. The molecule has 0 radical (unpaired) electrons. The van der Waals surface area contributed by atoms with Gasteiger partial charge in [-0.2, -0.15) is 9.40 Å². The molecule has 0 saturated carbocycles. The average molecular weight is 376 g/mol. The molecular formula is C17H20N4O4S. The number of nitrogens with one attached hydrogen (secondary N) is 1. The fourth-order valence-electron chi connectivity index (χ4n) is 2.79. The van der Waals surface area contributed by atoms with Crippen LogP contribution in [0.3, 0.4) is 0 Å². The van der Waals surface area contributed by atoms with Gasteiger partial charge in [0.15, 0.2) is 0 Å². The number of carbonyl (C=O) groups excluding carboxylic acids is 1. The molecule has 2 aromatic rings. The van der Waals surface area contributed by atoms with E-state index in [2.05, 4.69) is 10.4 Å². The highest BCUT2D eigenvalue weighted by molar-refractivity contribution is 7.89. The number of carbonyl (C=O) groups is 1. The van der Waals surface area contributed by atoms with Crippen LogP contribution in [0.5, 0.6) is 0 Å².